The number of benzene rings is 2. The molecule has 1 amide bonds. The van der Waals surface area contributed by atoms with Crippen LogP contribution in [-0.4, -0.2) is 27.1 Å². The van der Waals surface area contributed by atoms with Crippen molar-refractivity contribution in [1.29, 1.82) is 0 Å². The van der Waals surface area contributed by atoms with E-state index in [2.05, 4.69) is 20.4 Å². The van der Waals surface area contributed by atoms with Gasteiger partial charge in [0.05, 0.1) is 32.4 Å². The van der Waals surface area contributed by atoms with Crippen molar-refractivity contribution in [3.63, 3.8) is 0 Å². The summed E-state index contributed by atoms with van der Waals surface area (Å²) in [5, 5.41) is 9.25. The molecule has 0 spiro atoms. The minimum Gasteiger partial charge on any atom is -0.349 e. The molecule has 1 N–H and O–H groups in total. The normalized spacial score (nSPS) is 13.5. The number of pyridine rings is 1. The van der Waals surface area contributed by atoms with Crippen LogP contribution in [-0.2, 0) is 5.75 Å². The van der Waals surface area contributed by atoms with Crippen molar-refractivity contribution in [2.75, 3.05) is 0 Å². The van der Waals surface area contributed by atoms with Crippen molar-refractivity contribution in [3.8, 4) is 11.5 Å². The monoisotopic (exact) mass is 436 g/mol. The van der Waals surface area contributed by atoms with Gasteiger partial charge in [-0.3, -0.25) is 4.79 Å². The molecule has 8 heteroatoms. The molecule has 0 atom stereocenters. The summed E-state index contributed by atoms with van der Waals surface area (Å²) in [6.07, 6.45) is 2.09. The largest absolute Gasteiger partial charge is 0.349 e. The number of nitrogens with zero attached hydrogens (tertiary/aromatic N) is 3. The van der Waals surface area contributed by atoms with Crippen molar-refractivity contribution in [2.24, 2.45) is 0 Å². The van der Waals surface area contributed by atoms with Crippen LogP contribution in [0.25, 0.3) is 22.4 Å². The second-order valence-corrected chi connectivity index (χ2v) is 8.46. The molecule has 2 heterocycles. The number of fused-ring (bicyclic) bond motifs is 1. The second kappa shape index (κ2) is 8.08. The minimum absolute atomic E-state index is 0.0569. The number of rotatable bonds is 6. The molecule has 0 bridgehead atoms. The van der Waals surface area contributed by atoms with E-state index in [1.54, 1.807) is 6.07 Å². The SMILES string of the molecule is O=C(NC1CC1)c1cc(SCc2noc(-c3ccccc3Cl)n2)nc2ccccc12. The Morgan fingerprint density at radius 1 is 1.13 bits per heavy atom. The Morgan fingerprint density at radius 2 is 1.93 bits per heavy atom. The van der Waals surface area contributed by atoms with Crippen molar-refractivity contribution in [3.05, 3.63) is 71.0 Å². The summed E-state index contributed by atoms with van der Waals surface area (Å²) >= 11 is 7.66. The molecule has 6 nitrogen and oxygen atoms in total. The van der Waals surface area contributed by atoms with Crippen LogP contribution in [0.1, 0.15) is 29.0 Å². The predicted molar refractivity (Wildman–Crippen MR) is 117 cm³/mol. The van der Waals surface area contributed by atoms with Crippen LogP contribution in [0.4, 0.5) is 0 Å². The van der Waals surface area contributed by atoms with Gasteiger partial charge in [0.15, 0.2) is 5.82 Å². The minimum atomic E-state index is -0.0569. The summed E-state index contributed by atoms with van der Waals surface area (Å²) in [6, 6.07) is 17.1. The topological polar surface area (TPSA) is 80.9 Å². The molecule has 2 aromatic carbocycles. The number of amides is 1. The van der Waals surface area contributed by atoms with Gasteiger partial charge in [-0.1, -0.05) is 58.9 Å². The van der Waals surface area contributed by atoms with E-state index in [1.165, 1.54) is 11.8 Å². The summed E-state index contributed by atoms with van der Waals surface area (Å²) in [4.78, 5) is 21.8. The van der Waals surface area contributed by atoms with Gasteiger partial charge in [-0.2, -0.15) is 4.98 Å². The molecule has 1 fully saturated rings. The standard InChI is InChI=1S/C22H17ClN4O2S/c23-17-7-3-1-6-15(17)22-26-19(27-29-22)12-30-20-11-16(21(28)24-13-9-10-13)14-5-2-4-8-18(14)25-20/h1-8,11,13H,9-10,12H2,(H,24,28). The second-order valence-electron chi connectivity index (χ2n) is 7.06. The van der Waals surface area contributed by atoms with Gasteiger partial charge in [-0.05, 0) is 37.1 Å². The number of hydrogen-bond donors (Lipinski definition) is 1. The van der Waals surface area contributed by atoms with Crippen LogP contribution in [0.15, 0.2) is 64.1 Å². The summed E-state index contributed by atoms with van der Waals surface area (Å²) in [7, 11) is 0. The lowest BCUT2D eigenvalue weighted by Gasteiger charge is -2.09. The summed E-state index contributed by atoms with van der Waals surface area (Å²) < 4.78 is 5.36. The predicted octanol–water partition coefficient (Wildman–Crippen LogP) is 5.12. The Kier molecular flexibility index (Phi) is 5.14. The molecule has 1 aliphatic carbocycles. The fourth-order valence-electron chi connectivity index (χ4n) is 3.10. The molecular formula is C22H17ClN4O2S. The molecule has 0 unspecified atom stereocenters. The number of aromatic nitrogens is 3. The first-order chi connectivity index (χ1) is 14.7. The fourth-order valence-corrected chi connectivity index (χ4v) is 4.07. The maximum atomic E-state index is 12.7. The third kappa shape index (κ3) is 4.04. The highest BCUT2D eigenvalue weighted by molar-refractivity contribution is 7.98. The van der Waals surface area contributed by atoms with Gasteiger partial charge in [0.1, 0.15) is 0 Å². The molecule has 0 aliphatic heterocycles. The molecule has 1 aliphatic rings. The van der Waals surface area contributed by atoms with E-state index in [-0.39, 0.29) is 5.91 Å². The number of halogens is 1. The number of para-hydroxylation sites is 1. The summed E-state index contributed by atoms with van der Waals surface area (Å²) in [5.41, 5.74) is 2.12. The lowest BCUT2D eigenvalue weighted by atomic mass is 10.1. The van der Waals surface area contributed by atoms with Gasteiger partial charge >= 0.3 is 0 Å². The number of carbonyl (C=O) groups excluding carboxylic acids is 1. The highest BCUT2D eigenvalue weighted by Gasteiger charge is 2.25. The summed E-state index contributed by atoms with van der Waals surface area (Å²) in [5.74, 6) is 1.32. The molecule has 0 radical (unpaired) electrons. The van der Waals surface area contributed by atoms with Crippen LogP contribution in [0.5, 0.6) is 0 Å². The fraction of sp³-hybridized carbons (Fsp3) is 0.182. The first-order valence-corrected chi connectivity index (χ1v) is 10.9. The van der Waals surface area contributed by atoms with Gasteiger partial charge in [-0.25, -0.2) is 4.98 Å². The van der Waals surface area contributed by atoms with E-state index < -0.39 is 0 Å². The lowest BCUT2D eigenvalue weighted by Crippen LogP contribution is -2.25. The number of carbonyl (C=O) groups is 1. The first-order valence-electron chi connectivity index (χ1n) is 9.58. The third-order valence-corrected chi connectivity index (χ3v) is 6.01. The average molecular weight is 437 g/mol. The summed E-state index contributed by atoms with van der Waals surface area (Å²) in [6.45, 7) is 0. The Morgan fingerprint density at radius 3 is 2.77 bits per heavy atom. The van der Waals surface area contributed by atoms with Crippen LogP contribution in [0, 0.1) is 0 Å². The van der Waals surface area contributed by atoms with Gasteiger partial charge < -0.3 is 9.84 Å². The van der Waals surface area contributed by atoms with Crippen molar-refractivity contribution in [1.82, 2.24) is 20.4 Å². The average Bonchev–Trinajstić information content (AvgIpc) is 3.45. The molecule has 30 heavy (non-hydrogen) atoms. The Labute approximate surface area is 182 Å². The smallest absolute Gasteiger partial charge is 0.259 e. The molecule has 1 saturated carbocycles. The van der Waals surface area contributed by atoms with Crippen molar-refractivity contribution < 1.29 is 9.32 Å². The number of thioether (sulfide) groups is 1. The Balaban J connectivity index is 1.38. The van der Waals surface area contributed by atoms with E-state index in [9.17, 15) is 4.79 Å². The van der Waals surface area contributed by atoms with Crippen LogP contribution in [0.3, 0.4) is 0 Å². The van der Waals surface area contributed by atoms with Crippen molar-refractivity contribution in [2.45, 2.75) is 29.7 Å². The van der Waals surface area contributed by atoms with Crippen LogP contribution in [0.2, 0.25) is 5.02 Å². The zero-order valence-electron chi connectivity index (χ0n) is 15.8. The van der Waals surface area contributed by atoms with Gasteiger partial charge in [0.2, 0.25) is 0 Å². The van der Waals surface area contributed by atoms with E-state index >= 15 is 0 Å². The third-order valence-electron chi connectivity index (χ3n) is 4.77. The van der Waals surface area contributed by atoms with Gasteiger partial charge in [0.25, 0.3) is 11.8 Å². The molecule has 5 rings (SSSR count). The van der Waals surface area contributed by atoms with Crippen LogP contribution >= 0.6 is 23.4 Å². The van der Waals surface area contributed by atoms with E-state index in [0.29, 0.717) is 39.7 Å². The highest BCUT2D eigenvalue weighted by Crippen LogP contribution is 2.29. The molecule has 2 aromatic heterocycles. The molecular weight excluding hydrogens is 420 g/mol. The number of nitrogens with one attached hydrogen (secondary N) is 1. The zero-order chi connectivity index (χ0) is 20.5. The van der Waals surface area contributed by atoms with E-state index in [1.807, 2.05) is 48.5 Å². The molecule has 0 saturated heterocycles. The van der Waals surface area contributed by atoms with E-state index in [4.69, 9.17) is 16.1 Å². The lowest BCUT2D eigenvalue weighted by molar-refractivity contribution is 0.0952. The first kappa shape index (κ1) is 19.1. The maximum Gasteiger partial charge on any atom is 0.259 e. The number of hydrogen-bond acceptors (Lipinski definition) is 6. The van der Waals surface area contributed by atoms with E-state index in [0.717, 1.165) is 28.8 Å². The zero-order valence-corrected chi connectivity index (χ0v) is 17.4. The Bertz CT molecular complexity index is 1240. The van der Waals surface area contributed by atoms with Gasteiger partial charge in [0, 0.05) is 11.4 Å². The highest BCUT2D eigenvalue weighted by atomic mass is 35.5. The maximum absolute atomic E-state index is 12.7. The molecule has 150 valence electrons. The quantitative estimate of drug-likeness (QED) is 0.422. The Hall–Kier alpha value is -2.90. The van der Waals surface area contributed by atoms with Gasteiger partial charge in [-0.15, -0.1) is 0 Å². The van der Waals surface area contributed by atoms with Crippen molar-refractivity contribution >= 4 is 40.2 Å². The van der Waals surface area contributed by atoms with Crippen LogP contribution < -0.4 is 5.32 Å². The molecule has 4 aromatic rings.